The molecule has 0 spiro atoms. The van der Waals surface area contributed by atoms with E-state index in [1.54, 1.807) is 6.07 Å². The maximum absolute atomic E-state index is 11.4. The Bertz CT molecular complexity index is 588. The van der Waals surface area contributed by atoms with E-state index in [0.717, 1.165) is 38.3 Å². The topological polar surface area (TPSA) is 62.2 Å². The predicted octanol–water partition coefficient (Wildman–Crippen LogP) is 2.08. The fourth-order valence-corrected chi connectivity index (χ4v) is 3.23. The van der Waals surface area contributed by atoms with Gasteiger partial charge in [-0.1, -0.05) is 0 Å². The lowest BCUT2D eigenvalue weighted by Gasteiger charge is -2.29. The molecule has 0 atom stereocenters. The van der Waals surface area contributed by atoms with Crippen LogP contribution in [0.15, 0.2) is 12.1 Å². The van der Waals surface area contributed by atoms with Gasteiger partial charge in [-0.05, 0) is 32.4 Å². The lowest BCUT2D eigenvalue weighted by Crippen LogP contribution is -2.35. The molecule has 6 heteroatoms. The molecule has 1 aromatic carbocycles. The third-order valence-electron chi connectivity index (χ3n) is 4.50. The minimum absolute atomic E-state index is 0.169. The van der Waals surface area contributed by atoms with Crippen molar-refractivity contribution in [2.45, 2.75) is 26.3 Å². The largest absolute Gasteiger partial charge is 0.485 e. The van der Waals surface area contributed by atoms with Gasteiger partial charge < -0.3 is 19.5 Å². The van der Waals surface area contributed by atoms with Crippen molar-refractivity contribution in [3.63, 3.8) is 0 Å². The van der Waals surface area contributed by atoms with Crippen molar-refractivity contribution < 1.29 is 19.4 Å². The second-order valence-electron chi connectivity index (χ2n) is 6.26. The number of ether oxygens (including phenoxy) is 2. The minimum atomic E-state index is -0.986. The van der Waals surface area contributed by atoms with Crippen LogP contribution in [0.5, 0.6) is 11.5 Å². The van der Waals surface area contributed by atoms with Gasteiger partial charge in [-0.2, -0.15) is 0 Å². The number of hydrogen-bond acceptors (Lipinski definition) is 5. The predicted molar refractivity (Wildman–Crippen MR) is 87.9 cm³/mol. The fraction of sp³-hybridized carbons (Fsp3) is 0.588. The van der Waals surface area contributed by atoms with Gasteiger partial charge in [0.1, 0.15) is 18.8 Å². The van der Waals surface area contributed by atoms with Crippen LogP contribution >= 0.6 is 0 Å². The lowest BCUT2D eigenvalue weighted by molar-refractivity contribution is 0.0686. The summed E-state index contributed by atoms with van der Waals surface area (Å²) in [5, 5.41) is 9.33. The molecule has 0 bridgehead atoms. The first-order valence-corrected chi connectivity index (χ1v) is 8.23. The van der Waals surface area contributed by atoms with E-state index >= 15 is 0 Å². The number of rotatable bonds is 3. The summed E-state index contributed by atoms with van der Waals surface area (Å²) in [6.45, 7) is 9.19. The SMILES string of the molecule is CC(C)N1CCCN(c2ccc(C(=O)O)c3c2OCCO3)CC1. The number of nitrogens with zero attached hydrogens (tertiary/aromatic N) is 2. The van der Waals surface area contributed by atoms with Gasteiger partial charge in [-0.25, -0.2) is 4.79 Å². The highest BCUT2D eigenvalue weighted by atomic mass is 16.6. The molecule has 1 N–H and O–H groups in total. The summed E-state index contributed by atoms with van der Waals surface area (Å²) in [6, 6.07) is 4.01. The number of benzene rings is 1. The van der Waals surface area contributed by atoms with Crippen LogP contribution in [0.4, 0.5) is 5.69 Å². The van der Waals surface area contributed by atoms with Crippen LogP contribution in [-0.4, -0.2) is 61.4 Å². The summed E-state index contributed by atoms with van der Waals surface area (Å²) < 4.78 is 11.4. The molecule has 6 nitrogen and oxygen atoms in total. The zero-order valence-electron chi connectivity index (χ0n) is 13.7. The molecule has 1 saturated heterocycles. The van der Waals surface area contributed by atoms with E-state index in [1.807, 2.05) is 6.07 Å². The van der Waals surface area contributed by atoms with Crippen LogP contribution in [0, 0.1) is 0 Å². The van der Waals surface area contributed by atoms with E-state index in [9.17, 15) is 9.90 Å². The van der Waals surface area contributed by atoms with Crippen molar-refractivity contribution in [2.75, 3.05) is 44.3 Å². The summed E-state index contributed by atoms with van der Waals surface area (Å²) in [5.74, 6) is -0.0412. The maximum Gasteiger partial charge on any atom is 0.339 e. The van der Waals surface area contributed by atoms with Gasteiger partial charge in [0.15, 0.2) is 11.5 Å². The first kappa shape index (κ1) is 15.9. The maximum atomic E-state index is 11.4. The van der Waals surface area contributed by atoms with Gasteiger partial charge in [0.05, 0.1) is 5.69 Å². The van der Waals surface area contributed by atoms with Crippen molar-refractivity contribution in [1.82, 2.24) is 4.90 Å². The van der Waals surface area contributed by atoms with E-state index < -0.39 is 5.97 Å². The van der Waals surface area contributed by atoms with Crippen molar-refractivity contribution in [3.05, 3.63) is 17.7 Å². The molecule has 3 rings (SSSR count). The van der Waals surface area contributed by atoms with Gasteiger partial charge in [0.2, 0.25) is 0 Å². The highest BCUT2D eigenvalue weighted by Crippen LogP contribution is 2.42. The normalized spacial score (nSPS) is 18.8. The van der Waals surface area contributed by atoms with E-state index in [0.29, 0.717) is 30.8 Å². The molecule has 23 heavy (non-hydrogen) atoms. The van der Waals surface area contributed by atoms with Gasteiger partial charge in [0.25, 0.3) is 0 Å². The average Bonchev–Trinajstić information content (AvgIpc) is 2.79. The Morgan fingerprint density at radius 3 is 2.52 bits per heavy atom. The van der Waals surface area contributed by atoms with Gasteiger partial charge in [-0.15, -0.1) is 0 Å². The van der Waals surface area contributed by atoms with E-state index in [-0.39, 0.29) is 5.56 Å². The highest BCUT2D eigenvalue weighted by Gasteiger charge is 2.27. The summed E-state index contributed by atoms with van der Waals surface area (Å²) in [4.78, 5) is 16.1. The molecule has 2 heterocycles. The van der Waals surface area contributed by atoms with Crippen LogP contribution < -0.4 is 14.4 Å². The highest BCUT2D eigenvalue weighted by molar-refractivity contribution is 5.93. The molecular formula is C17H24N2O4. The Labute approximate surface area is 136 Å². The summed E-state index contributed by atoms with van der Waals surface area (Å²) in [5.41, 5.74) is 1.11. The number of hydrogen-bond donors (Lipinski definition) is 1. The molecular weight excluding hydrogens is 296 g/mol. The molecule has 0 radical (unpaired) electrons. The van der Waals surface area contributed by atoms with Crippen LogP contribution in [0.2, 0.25) is 0 Å². The summed E-state index contributed by atoms with van der Waals surface area (Å²) >= 11 is 0. The Balaban J connectivity index is 1.89. The van der Waals surface area contributed by atoms with Gasteiger partial charge in [0, 0.05) is 32.2 Å². The van der Waals surface area contributed by atoms with E-state index in [1.165, 1.54) is 0 Å². The van der Waals surface area contributed by atoms with Gasteiger partial charge >= 0.3 is 5.97 Å². The van der Waals surface area contributed by atoms with E-state index in [2.05, 4.69) is 23.6 Å². The first-order chi connectivity index (χ1) is 11.1. The first-order valence-electron chi connectivity index (χ1n) is 8.23. The van der Waals surface area contributed by atoms with Crippen molar-refractivity contribution in [2.24, 2.45) is 0 Å². The van der Waals surface area contributed by atoms with Crippen LogP contribution in [0.1, 0.15) is 30.6 Å². The quantitative estimate of drug-likeness (QED) is 0.920. The van der Waals surface area contributed by atoms with Crippen LogP contribution in [-0.2, 0) is 0 Å². The molecule has 0 unspecified atom stereocenters. The van der Waals surface area contributed by atoms with Gasteiger partial charge in [-0.3, -0.25) is 4.90 Å². The van der Waals surface area contributed by atoms with E-state index in [4.69, 9.17) is 9.47 Å². The molecule has 0 saturated carbocycles. The molecule has 0 amide bonds. The lowest BCUT2D eigenvalue weighted by atomic mass is 10.1. The Kier molecular flexibility index (Phi) is 4.61. The fourth-order valence-electron chi connectivity index (χ4n) is 3.23. The average molecular weight is 320 g/mol. The smallest absolute Gasteiger partial charge is 0.339 e. The van der Waals surface area contributed by atoms with Crippen molar-refractivity contribution >= 4 is 11.7 Å². The Hall–Kier alpha value is -1.95. The number of anilines is 1. The second kappa shape index (κ2) is 6.66. The molecule has 1 fully saturated rings. The Morgan fingerprint density at radius 1 is 1.09 bits per heavy atom. The molecule has 126 valence electrons. The monoisotopic (exact) mass is 320 g/mol. The number of aromatic carboxylic acids is 1. The zero-order valence-corrected chi connectivity index (χ0v) is 13.7. The second-order valence-corrected chi connectivity index (χ2v) is 6.26. The number of carboxylic acids is 1. The molecule has 2 aliphatic rings. The van der Waals surface area contributed by atoms with Crippen LogP contribution in [0.3, 0.4) is 0 Å². The summed E-state index contributed by atoms with van der Waals surface area (Å²) in [6.07, 6.45) is 1.08. The summed E-state index contributed by atoms with van der Waals surface area (Å²) in [7, 11) is 0. The zero-order chi connectivity index (χ0) is 16.4. The minimum Gasteiger partial charge on any atom is -0.485 e. The molecule has 1 aromatic rings. The third-order valence-corrected chi connectivity index (χ3v) is 4.50. The Morgan fingerprint density at radius 2 is 1.83 bits per heavy atom. The number of carboxylic acid groups (broad SMARTS) is 1. The number of fused-ring (bicyclic) bond motifs is 1. The standard InChI is InChI=1S/C17H24N2O4/c1-12(2)18-6-3-7-19(9-8-18)14-5-4-13(17(20)21)15-16(14)23-11-10-22-15/h4-5,12H,3,6-11H2,1-2H3,(H,20,21). The number of carbonyl (C=O) groups is 1. The molecule has 2 aliphatic heterocycles. The third kappa shape index (κ3) is 3.22. The van der Waals surface area contributed by atoms with Crippen molar-refractivity contribution in [3.8, 4) is 11.5 Å². The van der Waals surface area contributed by atoms with Crippen LogP contribution in [0.25, 0.3) is 0 Å². The molecule has 0 aromatic heterocycles. The van der Waals surface area contributed by atoms with Crippen molar-refractivity contribution in [1.29, 1.82) is 0 Å². The molecule has 0 aliphatic carbocycles.